The number of guanidine groups is 1. The lowest BCUT2D eigenvalue weighted by molar-refractivity contribution is -0.148. The molecule has 0 aromatic heterocycles. The van der Waals surface area contributed by atoms with Crippen molar-refractivity contribution >= 4 is 35.9 Å². The first kappa shape index (κ1) is 20.7. The standard InChI is InChI=1S/C18H31N3O3.HI/c1-19-17(21-11-8-18(13-21)9-12-23-14-18)20-10-4-7-16(22)24-15-5-2-3-6-15;/h15H,2-14H2,1H3,(H,19,20);1H. The summed E-state index contributed by atoms with van der Waals surface area (Å²) in [6, 6.07) is 0. The van der Waals surface area contributed by atoms with Gasteiger partial charge in [0.25, 0.3) is 0 Å². The quantitative estimate of drug-likeness (QED) is 0.222. The number of likely N-dealkylation sites (tertiary alicyclic amines) is 1. The molecule has 2 heterocycles. The van der Waals surface area contributed by atoms with Crippen molar-refractivity contribution in [2.75, 3.05) is 39.9 Å². The van der Waals surface area contributed by atoms with Crippen molar-refractivity contribution in [1.82, 2.24) is 10.2 Å². The molecular weight excluding hydrogens is 433 g/mol. The van der Waals surface area contributed by atoms with Crippen LogP contribution in [-0.2, 0) is 14.3 Å². The third kappa shape index (κ3) is 5.70. The topological polar surface area (TPSA) is 63.2 Å². The highest BCUT2D eigenvalue weighted by Crippen LogP contribution is 2.38. The third-order valence-electron chi connectivity index (χ3n) is 5.58. The number of esters is 1. The summed E-state index contributed by atoms with van der Waals surface area (Å²) < 4.78 is 11.1. The van der Waals surface area contributed by atoms with Gasteiger partial charge >= 0.3 is 5.97 Å². The number of nitrogens with one attached hydrogen (secondary N) is 1. The minimum Gasteiger partial charge on any atom is -0.462 e. The van der Waals surface area contributed by atoms with Gasteiger partial charge < -0.3 is 19.7 Å². The van der Waals surface area contributed by atoms with Crippen molar-refractivity contribution in [1.29, 1.82) is 0 Å². The molecule has 0 aromatic carbocycles. The largest absolute Gasteiger partial charge is 0.462 e. The van der Waals surface area contributed by atoms with E-state index >= 15 is 0 Å². The summed E-state index contributed by atoms with van der Waals surface area (Å²) >= 11 is 0. The van der Waals surface area contributed by atoms with Crippen LogP contribution in [-0.4, -0.2) is 62.8 Å². The molecule has 1 unspecified atom stereocenters. The zero-order chi connectivity index (χ0) is 16.8. The Morgan fingerprint density at radius 1 is 1.36 bits per heavy atom. The fourth-order valence-electron chi connectivity index (χ4n) is 4.10. The molecule has 2 aliphatic heterocycles. The summed E-state index contributed by atoms with van der Waals surface area (Å²) in [7, 11) is 1.83. The van der Waals surface area contributed by atoms with E-state index in [1.807, 2.05) is 7.05 Å². The molecule has 1 saturated carbocycles. The number of aliphatic imine (C=N–C) groups is 1. The van der Waals surface area contributed by atoms with Crippen LogP contribution < -0.4 is 5.32 Å². The predicted molar refractivity (Wildman–Crippen MR) is 108 cm³/mol. The van der Waals surface area contributed by atoms with Crippen molar-refractivity contribution in [3.05, 3.63) is 0 Å². The zero-order valence-electron chi connectivity index (χ0n) is 15.3. The van der Waals surface area contributed by atoms with Crippen LogP contribution in [0.2, 0.25) is 0 Å². The molecule has 6 nitrogen and oxygen atoms in total. The molecule has 1 N–H and O–H groups in total. The van der Waals surface area contributed by atoms with Gasteiger partial charge in [0.1, 0.15) is 6.10 Å². The van der Waals surface area contributed by atoms with Gasteiger partial charge in [0.2, 0.25) is 0 Å². The summed E-state index contributed by atoms with van der Waals surface area (Å²) in [5, 5.41) is 3.39. The number of nitrogens with zero attached hydrogens (tertiary/aromatic N) is 2. The number of rotatable bonds is 5. The van der Waals surface area contributed by atoms with Crippen LogP contribution in [0.25, 0.3) is 0 Å². The second-order valence-electron chi connectivity index (χ2n) is 7.45. The highest BCUT2D eigenvalue weighted by Gasteiger charge is 2.42. The Labute approximate surface area is 168 Å². The molecule has 1 spiro atoms. The Balaban J connectivity index is 0.00000225. The van der Waals surface area contributed by atoms with Crippen molar-refractivity contribution < 1.29 is 14.3 Å². The summed E-state index contributed by atoms with van der Waals surface area (Å²) in [6.07, 6.45) is 8.25. The van der Waals surface area contributed by atoms with Gasteiger partial charge in [-0.15, -0.1) is 24.0 Å². The number of carbonyl (C=O) groups excluding carboxylic acids is 1. The fourth-order valence-corrected chi connectivity index (χ4v) is 4.10. The molecule has 1 aliphatic carbocycles. The lowest BCUT2D eigenvalue weighted by atomic mass is 9.87. The van der Waals surface area contributed by atoms with Gasteiger partial charge in [0, 0.05) is 45.1 Å². The number of ether oxygens (including phenoxy) is 2. The van der Waals surface area contributed by atoms with Crippen LogP contribution in [0.3, 0.4) is 0 Å². The van der Waals surface area contributed by atoms with Crippen LogP contribution in [0.4, 0.5) is 0 Å². The molecule has 144 valence electrons. The maximum Gasteiger partial charge on any atom is 0.306 e. The second kappa shape index (κ2) is 9.94. The van der Waals surface area contributed by atoms with Crippen molar-refractivity contribution in [3.63, 3.8) is 0 Å². The Morgan fingerprint density at radius 2 is 2.16 bits per heavy atom. The van der Waals surface area contributed by atoms with Crippen LogP contribution >= 0.6 is 24.0 Å². The van der Waals surface area contributed by atoms with E-state index in [1.54, 1.807) is 0 Å². The normalized spacial score (nSPS) is 26.9. The van der Waals surface area contributed by atoms with Crippen LogP contribution in [0.15, 0.2) is 4.99 Å². The zero-order valence-corrected chi connectivity index (χ0v) is 17.6. The lowest BCUT2D eigenvalue weighted by Gasteiger charge is -2.24. The molecule has 0 bridgehead atoms. The maximum absolute atomic E-state index is 11.8. The Kier molecular flexibility index (Phi) is 8.25. The Hall–Kier alpha value is -0.570. The number of hydrogen-bond acceptors (Lipinski definition) is 4. The molecule has 3 fully saturated rings. The predicted octanol–water partition coefficient (Wildman–Crippen LogP) is 2.56. The molecule has 0 aromatic rings. The lowest BCUT2D eigenvalue weighted by Crippen LogP contribution is -2.41. The van der Waals surface area contributed by atoms with Crippen molar-refractivity contribution in [3.8, 4) is 0 Å². The first-order valence-electron chi connectivity index (χ1n) is 9.44. The van der Waals surface area contributed by atoms with Gasteiger partial charge in [0.05, 0.1) is 6.61 Å². The second-order valence-corrected chi connectivity index (χ2v) is 7.45. The van der Waals surface area contributed by atoms with Crippen LogP contribution in [0, 0.1) is 5.41 Å². The SMILES string of the molecule is CN=C(NCCCC(=O)OC1CCCC1)N1CCC2(CCOC2)C1.I. The highest BCUT2D eigenvalue weighted by atomic mass is 127. The van der Waals surface area contributed by atoms with Gasteiger partial charge in [-0.1, -0.05) is 0 Å². The Bertz CT molecular complexity index is 460. The number of carbonyl (C=O) groups is 1. The smallest absolute Gasteiger partial charge is 0.306 e. The average molecular weight is 465 g/mol. The van der Waals surface area contributed by atoms with Crippen LogP contribution in [0.1, 0.15) is 51.4 Å². The first-order chi connectivity index (χ1) is 11.7. The van der Waals surface area contributed by atoms with E-state index in [0.717, 1.165) is 64.5 Å². The maximum atomic E-state index is 11.8. The van der Waals surface area contributed by atoms with E-state index in [1.165, 1.54) is 19.3 Å². The van der Waals surface area contributed by atoms with E-state index in [9.17, 15) is 4.79 Å². The van der Waals surface area contributed by atoms with E-state index < -0.39 is 0 Å². The minimum absolute atomic E-state index is 0. The van der Waals surface area contributed by atoms with Gasteiger partial charge in [-0.05, 0) is 44.9 Å². The Morgan fingerprint density at radius 3 is 2.84 bits per heavy atom. The molecule has 7 heteroatoms. The van der Waals surface area contributed by atoms with E-state index in [2.05, 4.69) is 15.2 Å². The third-order valence-corrected chi connectivity index (χ3v) is 5.58. The molecule has 3 aliphatic rings. The fraction of sp³-hybridized carbons (Fsp3) is 0.889. The van der Waals surface area contributed by atoms with E-state index in [0.29, 0.717) is 11.8 Å². The van der Waals surface area contributed by atoms with Crippen LogP contribution in [0.5, 0.6) is 0 Å². The summed E-state index contributed by atoms with van der Waals surface area (Å²) in [6.45, 7) is 4.59. The van der Waals surface area contributed by atoms with Gasteiger partial charge in [0.15, 0.2) is 5.96 Å². The summed E-state index contributed by atoms with van der Waals surface area (Å²) in [4.78, 5) is 18.6. The molecule has 1 atom stereocenters. The minimum atomic E-state index is -0.0538. The van der Waals surface area contributed by atoms with E-state index in [-0.39, 0.29) is 36.0 Å². The van der Waals surface area contributed by atoms with Crippen molar-refractivity contribution in [2.45, 2.75) is 57.5 Å². The molecule has 0 amide bonds. The monoisotopic (exact) mass is 465 g/mol. The van der Waals surface area contributed by atoms with Crippen molar-refractivity contribution in [2.24, 2.45) is 10.4 Å². The molecule has 2 saturated heterocycles. The highest BCUT2D eigenvalue weighted by molar-refractivity contribution is 14.0. The summed E-state index contributed by atoms with van der Waals surface area (Å²) in [5.74, 6) is 0.893. The molecule has 25 heavy (non-hydrogen) atoms. The van der Waals surface area contributed by atoms with Gasteiger partial charge in [-0.2, -0.15) is 0 Å². The summed E-state index contributed by atoms with van der Waals surface area (Å²) in [5.41, 5.74) is 0.336. The number of hydrogen-bond donors (Lipinski definition) is 1. The number of halogens is 1. The average Bonchev–Trinajstić information content (AvgIpc) is 3.32. The molecular formula is C18H32IN3O3. The van der Waals surface area contributed by atoms with Gasteiger partial charge in [-0.3, -0.25) is 9.79 Å². The molecule has 3 rings (SSSR count). The van der Waals surface area contributed by atoms with E-state index in [4.69, 9.17) is 9.47 Å². The first-order valence-corrected chi connectivity index (χ1v) is 9.44. The molecule has 0 radical (unpaired) electrons. The van der Waals surface area contributed by atoms with Gasteiger partial charge in [-0.25, -0.2) is 0 Å².